The second-order valence-electron chi connectivity index (χ2n) is 5.17. The minimum Gasteiger partial charge on any atom is -0.379 e. The normalized spacial score (nSPS) is 18.0. The van der Waals surface area contributed by atoms with Crippen LogP contribution in [0.5, 0.6) is 0 Å². The van der Waals surface area contributed by atoms with Crippen molar-refractivity contribution in [2.24, 2.45) is 5.92 Å². The highest BCUT2D eigenvalue weighted by atomic mass is 16.5. The highest BCUT2D eigenvalue weighted by molar-refractivity contribution is 4.69. The molecule has 0 amide bonds. The topological polar surface area (TPSA) is 18.5 Å². The van der Waals surface area contributed by atoms with E-state index in [1.807, 2.05) is 6.92 Å². The summed E-state index contributed by atoms with van der Waals surface area (Å²) < 4.78 is 11.1. The third-order valence-corrected chi connectivity index (χ3v) is 3.77. The van der Waals surface area contributed by atoms with Gasteiger partial charge in [0.05, 0.1) is 12.7 Å². The van der Waals surface area contributed by atoms with Gasteiger partial charge in [0.1, 0.15) is 0 Å². The molecule has 102 valence electrons. The van der Waals surface area contributed by atoms with Gasteiger partial charge in [0.15, 0.2) is 0 Å². The molecule has 0 heterocycles. The zero-order valence-electron chi connectivity index (χ0n) is 11.7. The molecule has 2 nitrogen and oxygen atoms in total. The van der Waals surface area contributed by atoms with E-state index in [4.69, 9.17) is 9.47 Å². The summed E-state index contributed by atoms with van der Waals surface area (Å²) in [5.74, 6) is 1.07. The third-order valence-electron chi connectivity index (χ3n) is 3.77. The predicted octanol–water partition coefficient (Wildman–Crippen LogP) is 4.18. The summed E-state index contributed by atoms with van der Waals surface area (Å²) in [6, 6.07) is 0. The lowest BCUT2D eigenvalue weighted by Crippen LogP contribution is -2.20. The fourth-order valence-corrected chi connectivity index (χ4v) is 2.46. The molecule has 0 radical (unpaired) electrons. The van der Waals surface area contributed by atoms with Crippen LogP contribution in [0.4, 0.5) is 0 Å². The number of unbranched alkanes of at least 4 members (excludes halogenated alkanes) is 2. The highest BCUT2D eigenvalue weighted by Gasteiger charge is 2.16. The van der Waals surface area contributed by atoms with Gasteiger partial charge in [-0.15, -0.1) is 0 Å². The SMILES string of the molecule is CCOCC(CCCCCC1CCC1)OCC. The van der Waals surface area contributed by atoms with Crippen LogP contribution in [0.1, 0.15) is 65.2 Å². The first-order chi connectivity index (χ1) is 8.36. The van der Waals surface area contributed by atoms with Crippen LogP contribution in [0.25, 0.3) is 0 Å². The maximum Gasteiger partial charge on any atom is 0.0808 e. The molecule has 1 saturated carbocycles. The lowest BCUT2D eigenvalue weighted by Gasteiger charge is -2.25. The first-order valence-corrected chi connectivity index (χ1v) is 7.56. The smallest absolute Gasteiger partial charge is 0.0808 e. The van der Waals surface area contributed by atoms with Gasteiger partial charge in [-0.25, -0.2) is 0 Å². The average molecular weight is 242 g/mol. The molecule has 0 spiro atoms. The minimum absolute atomic E-state index is 0.323. The molecule has 0 aromatic heterocycles. The van der Waals surface area contributed by atoms with E-state index >= 15 is 0 Å². The lowest BCUT2D eigenvalue weighted by molar-refractivity contribution is -0.0135. The second-order valence-corrected chi connectivity index (χ2v) is 5.17. The number of hydrogen-bond donors (Lipinski definition) is 0. The fourth-order valence-electron chi connectivity index (χ4n) is 2.46. The maximum absolute atomic E-state index is 5.68. The molecule has 0 N–H and O–H groups in total. The van der Waals surface area contributed by atoms with Crippen LogP contribution in [0.3, 0.4) is 0 Å². The van der Waals surface area contributed by atoms with E-state index < -0.39 is 0 Å². The molecule has 0 aromatic rings. The molecular weight excluding hydrogens is 212 g/mol. The summed E-state index contributed by atoms with van der Waals surface area (Å²) in [4.78, 5) is 0. The van der Waals surface area contributed by atoms with Crippen molar-refractivity contribution in [3.05, 3.63) is 0 Å². The first-order valence-electron chi connectivity index (χ1n) is 7.56. The van der Waals surface area contributed by atoms with Gasteiger partial charge in [-0.1, -0.05) is 44.9 Å². The van der Waals surface area contributed by atoms with Crippen molar-refractivity contribution < 1.29 is 9.47 Å². The van der Waals surface area contributed by atoms with E-state index in [0.717, 1.165) is 25.7 Å². The van der Waals surface area contributed by atoms with Crippen molar-refractivity contribution in [2.45, 2.75) is 71.3 Å². The Morgan fingerprint density at radius 3 is 2.47 bits per heavy atom. The number of rotatable bonds is 11. The van der Waals surface area contributed by atoms with Crippen molar-refractivity contribution in [2.75, 3.05) is 19.8 Å². The molecule has 2 heteroatoms. The highest BCUT2D eigenvalue weighted by Crippen LogP contribution is 2.31. The Hall–Kier alpha value is -0.0800. The minimum atomic E-state index is 0.323. The first kappa shape index (κ1) is 15.0. The fraction of sp³-hybridized carbons (Fsp3) is 1.00. The van der Waals surface area contributed by atoms with Crippen molar-refractivity contribution in [3.63, 3.8) is 0 Å². The lowest BCUT2D eigenvalue weighted by atomic mass is 9.81. The quantitative estimate of drug-likeness (QED) is 0.506. The van der Waals surface area contributed by atoms with Crippen LogP contribution in [-0.4, -0.2) is 25.9 Å². The van der Waals surface area contributed by atoms with E-state index in [1.54, 1.807) is 0 Å². The molecule has 0 saturated heterocycles. The molecule has 0 aliphatic heterocycles. The molecule has 1 aliphatic carbocycles. The second kappa shape index (κ2) is 9.90. The molecule has 1 rings (SSSR count). The van der Waals surface area contributed by atoms with Gasteiger partial charge in [-0.3, -0.25) is 0 Å². The molecule has 1 aliphatic rings. The molecule has 1 unspecified atom stereocenters. The standard InChI is InChI=1S/C15H30O2/c1-3-16-13-15(17-4-2)12-7-5-6-9-14-10-8-11-14/h14-15H,3-13H2,1-2H3. The van der Waals surface area contributed by atoms with Crippen LogP contribution in [0.15, 0.2) is 0 Å². The Morgan fingerprint density at radius 2 is 1.88 bits per heavy atom. The van der Waals surface area contributed by atoms with Crippen LogP contribution in [0, 0.1) is 5.92 Å². The molecule has 0 bridgehead atoms. The van der Waals surface area contributed by atoms with Crippen molar-refractivity contribution in [1.29, 1.82) is 0 Å². The molecule has 17 heavy (non-hydrogen) atoms. The predicted molar refractivity (Wildman–Crippen MR) is 72.3 cm³/mol. The van der Waals surface area contributed by atoms with Gasteiger partial charge in [0.25, 0.3) is 0 Å². The van der Waals surface area contributed by atoms with Crippen LogP contribution < -0.4 is 0 Å². The monoisotopic (exact) mass is 242 g/mol. The molecule has 1 atom stereocenters. The Balaban J connectivity index is 1.92. The molecular formula is C15H30O2. The Bertz CT molecular complexity index is 166. The van der Waals surface area contributed by atoms with E-state index in [-0.39, 0.29) is 0 Å². The van der Waals surface area contributed by atoms with Crippen molar-refractivity contribution in [3.8, 4) is 0 Å². The molecule has 0 aromatic carbocycles. The molecule has 1 fully saturated rings. The van der Waals surface area contributed by atoms with Gasteiger partial charge >= 0.3 is 0 Å². The Morgan fingerprint density at radius 1 is 1.06 bits per heavy atom. The zero-order chi connectivity index (χ0) is 12.3. The summed E-state index contributed by atoms with van der Waals surface area (Å²) in [6.45, 7) is 6.48. The summed E-state index contributed by atoms with van der Waals surface area (Å²) in [6.07, 6.45) is 11.5. The number of ether oxygens (including phenoxy) is 2. The zero-order valence-corrected chi connectivity index (χ0v) is 11.7. The van der Waals surface area contributed by atoms with E-state index in [2.05, 4.69) is 6.92 Å². The van der Waals surface area contributed by atoms with Gasteiger partial charge < -0.3 is 9.47 Å². The number of hydrogen-bond acceptors (Lipinski definition) is 2. The van der Waals surface area contributed by atoms with E-state index in [1.165, 1.54) is 51.4 Å². The van der Waals surface area contributed by atoms with Gasteiger partial charge in [0, 0.05) is 13.2 Å². The Labute approximate surface area is 107 Å². The Kier molecular flexibility index (Phi) is 8.72. The summed E-state index contributed by atoms with van der Waals surface area (Å²) in [5, 5.41) is 0. The van der Waals surface area contributed by atoms with Crippen LogP contribution in [-0.2, 0) is 9.47 Å². The van der Waals surface area contributed by atoms with Crippen LogP contribution >= 0.6 is 0 Å². The maximum atomic E-state index is 5.68. The van der Waals surface area contributed by atoms with Crippen molar-refractivity contribution in [1.82, 2.24) is 0 Å². The van der Waals surface area contributed by atoms with Gasteiger partial charge in [-0.2, -0.15) is 0 Å². The van der Waals surface area contributed by atoms with Gasteiger partial charge in [-0.05, 0) is 26.2 Å². The summed E-state index contributed by atoms with van der Waals surface area (Å²) in [7, 11) is 0. The van der Waals surface area contributed by atoms with Crippen LogP contribution in [0.2, 0.25) is 0 Å². The van der Waals surface area contributed by atoms with Crippen molar-refractivity contribution >= 4 is 0 Å². The third kappa shape index (κ3) is 7.05. The average Bonchev–Trinajstić information content (AvgIpc) is 2.28. The largest absolute Gasteiger partial charge is 0.379 e. The van der Waals surface area contributed by atoms with E-state index in [0.29, 0.717) is 6.10 Å². The summed E-state index contributed by atoms with van der Waals surface area (Å²) in [5.41, 5.74) is 0. The summed E-state index contributed by atoms with van der Waals surface area (Å²) >= 11 is 0. The van der Waals surface area contributed by atoms with E-state index in [9.17, 15) is 0 Å². The van der Waals surface area contributed by atoms with Gasteiger partial charge in [0.2, 0.25) is 0 Å².